The fourth-order valence-corrected chi connectivity index (χ4v) is 0.227. The highest BCUT2D eigenvalue weighted by molar-refractivity contribution is 5.94. The Morgan fingerprint density at radius 2 is 2.57 bits per heavy atom. The number of aliphatic hydroxyl groups is 1. The summed E-state index contributed by atoms with van der Waals surface area (Å²) in [4.78, 5) is 10.1. The number of aliphatic hydroxyl groups excluding tert-OH is 1. The number of hydrogen-bond acceptors (Lipinski definition) is 3. The van der Waals surface area contributed by atoms with E-state index in [1.54, 1.807) is 0 Å². The zero-order chi connectivity index (χ0) is 5.28. The van der Waals surface area contributed by atoms with Crippen LogP contribution < -0.4 is 0 Å². The number of hydrazone groups is 1. The second-order valence-corrected chi connectivity index (χ2v) is 1.13. The first-order valence-electron chi connectivity index (χ1n) is 1.81. The molecule has 0 fully saturated rings. The Morgan fingerprint density at radius 1 is 2.00 bits per heavy atom. The highest BCUT2D eigenvalue weighted by atomic mass is 16.3. The smallest absolute Gasteiger partial charge is 0.274 e. The van der Waals surface area contributed by atoms with Crippen LogP contribution in [0.5, 0.6) is 0 Å². The van der Waals surface area contributed by atoms with Crippen LogP contribution in [-0.2, 0) is 4.79 Å². The van der Waals surface area contributed by atoms with Crippen molar-refractivity contribution in [2.45, 2.75) is 0 Å². The van der Waals surface area contributed by atoms with E-state index in [4.69, 9.17) is 5.11 Å². The molecule has 1 rings (SSSR count). The second kappa shape index (κ2) is 1.31. The fraction of sp³-hybridized carbons (Fsp3) is 0.333. The van der Waals surface area contributed by atoms with E-state index in [1.165, 1.54) is 6.34 Å². The molecule has 1 amide bonds. The topological polar surface area (TPSA) is 52.7 Å². The maximum absolute atomic E-state index is 10.1. The summed E-state index contributed by atoms with van der Waals surface area (Å²) >= 11 is 0. The minimum Gasteiger partial charge on any atom is -0.386 e. The molecule has 0 aromatic carbocycles. The van der Waals surface area contributed by atoms with Crippen molar-refractivity contribution in [1.29, 1.82) is 0 Å². The Morgan fingerprint density at radius 3 is 2.71 bits per heavy atom. The Bertz CT molecular complexity index is 114. The second-order valence-electron chi connectivity index (χ2n) is 1.13. The number of carbonyl (C=O) groups is 1. The molecule has 0 spiro atoms. The van der Waals surface area contributed by atoms with Gasteiger partial charge >= 0.3 is 0 Å². The SMILES string of the molecule is O=C(CO)N1C=N1. The van der Waals surface area contributed by atoms with Gasteiger partial charge in [-0.15, -0.1) is 0 Å². The van der Waals surface area contributed by atoms with E-state index in [0.29, 0.717) is 0 Å². The molecule has 0 bridgehead atoms. The van der Waals surface area contributed by atoms with Crippen molar-refractivity contribution in [2.24, 2.45) is 5.10 Å². The average Bonchev–Trinajstić information content (AvgIpc) is 2.44. The van der Waals surface area contributed by atoms with E-state index >= 15 is 0 Å². The van der Waals surface area contributed by atoms with Crippen molar-refractivity contribution in [3.05, 3.63) is 0 Å². The molecule has 0 saturated heterocycles. The summed E-state index contributed by atoms with van der Waals surface area (Å²) in [7, 11) is 0. The third-order valence-electron chi connectivity index (χ3n) is 0.622. The lowest BCUT2D eigenvalue weighted by Crippen LogP contribution is -2.15. The summed E-state index contributed by atoms with van der Waals surface area (Å²) < 4.78 is 0. The summed E-state index contributed by atoms with van der Waals surface area (Å²) in [5.41, 5.74) is 0. The Hall–Kier alpha value is -0.900. The Kier molecular flexibility index (Phi) is 0.796. The molecular formula is C3H4N2O2. The molecule has 7 heavy (non-hydrogen) atoms. The van der Waals surface area contributed by atoms with Crippen molar-refractivity contribution in [3.63, 3.8) is 0 Å². The molecule has 0 atom stereocenters. The lowest BCUT2D eigenvalue weighted by Gasteiger charge is -1.88. The quantitative estimate of drug-likeness (QED) is 0.448. The van der Waals surface area contributed by atoms with E-state index in [1.807, 2.05) is 0 Å². The normalized spacial score (nSPS) is 14.7. The number of nitrogens with zero attached hydrogens (tertiary/aromatic N) is 2. The molecule has 1 aliphatic heterocycles. The molecule has 4 nitrogen and oxygen atoms in total. The largest absolute Gasteiger partial charge is 0.386 e. The zero-order valence-corrected chi connectivity index (χ0v) is 3.53. The molecule has 4 heteroatoms. The molecule has 0 saturated carbocycles. The van der Waals surface area contributed by atoms with Crippen LogP contribution in [0.4, 0.5) is 0 Å². The predicted molar refractivity (Wildman–Crippen MR) is 22.4 cm³/mol. The van der Waals surface area contributed by atoms with Crippen LogP contribution in [0.1, 0.15) is 0 Å². The molecule has 0 unspecified atom stereocenters. The summed E-state index contributed by atoms with van der Waals surface area (Å²) in [6, 6.07) is 0. The van der Waals surface area contributed by atoms with Crippen molar-refractivity contribution < 1.29 is 9.90 Å². The van der Waals surface area contributed by atoms with E-state index in [0.717, 1.165) is 5.01 Å². The molecule has 1 aliphatic rings. The van der Waals surface area contributed by atoms with Gasteiger partial charge in [-0.05, 0) is 0 Å². The minimum atomic E-state index is -0.458. The van der Waals surface area contributed by atoms with Crippen LogP contribution >= 0.6 is 0 Å². The lowest BCUT2D eigenvalue weighted by molar-refractivity contribution is -0.128. The van der Waals surface area contributed by atoms with E-state index < -0.39 is 6.61 Å². The number of amides is 1. The van der Waals surface area contributed by atoms with Gasteiger partial charge < -0.3 is 5.11 Å². The van der Waals surface area contributed by atoms with Crippen LogP contribution in [0, 0.1) is 0 Å². The summed E-state index contributed by atoms with van der Waals surface area (Å²) in [5.74, 6) is -0.375. The van der Waals surface area contributed by atoms with Gasteiger partial charge in [0.2, 0.25) is 0 Å². The van der Waals surface area contributed by atoms with E-state index in [9.17, 15) is 4.79 Å². The molecule has 38 valence electrons. The minimum absolute atomic E-state index is 0.375. The van der Waals surface area contributed by atoms with Crippen molar-refractivity contribution >= 4 is 12.2 Å². The van der Waals surface area contributed by atoms with Crippen molar-refractivity contribution in [1.82, 2.24) is 5.01 Å². The van der Waals surface area contributed by atoms with Gasteiger partial charge in [-0.3, -0.25) is 4.79 Å². The van der Waals surface area contributed by atoms with Crippen LogP contribution in [-0.4, -0.2) is 29.0 Å². The van der Waals surface area contributed by atoms with Crippen molar-refractivity contribution in [3.8, 4) is 0 Å². The average molecular weight is 100 g/mol. The van der Waals surface area contributed by atoms with Crippen LogP contribution in [0.2, 0.25) is 0 Å². The summed E-state index contributed by atoms with van der Waals surface area (Å²) in [5, 5.41) is 12.5. The molecular weight excluding hydrogens is 96.0 g/mol. The monoisotopic (exact) mass is 100 g/mol. The highest BCUT2D eigenvalue weighted by Crippen LogP contribution is 1.96. The van der Waals surface area contributed by atoms with Gasteiger partial charge in [-0.1, -0.05) is 0 Å². The zero-order valence-electron chi connectivity index (χ0n) is 3.53. The highest BCUT2D eigenvalue weighted by Gasteiger charge is 2.15. The number of hydrogen-bond donors (Lipinski definition) is 1. The molecule has 1 N–H and O–H groups in total. The van der Waals surface area contributed by atoms with Gasteiger partial charge in [0.05, 0.1) is 0 Å². The standard InChI is InChI=1S/C3H4N2O2/c6-1-3(7)5-2-4-5/h2,6H,1H2. The van der Waals surface area contributed by atoms with Gasteiger partial charge in [-0.2, -0.15) is 10.1 Å². The van der Waals surface area contributed by atoms with Crippen LogP contribution in [0.3, 0.4) is 0 Å². The van der Waals surface area contributed by atoms with Crippen molar-refractivity contribution in [2.75, 3.05) is 6.61 Å². The molecule has 0 aromatic heterocycles. The van der Waals surface area contributed by atoms with Crippen LogP contribution in [0.25, 0.3) is 0 Å². The molecule has 0 aliphatic carbocycles. The molecule has 1 heterocycles. The van der Waals surface area contributed by atoms with Gasteiger partial charge in [-0.25, -0.2) is 0 Å². The number of rotatable bonds is 1. The first-order valence-corrected chi connectivity index (χ1v) is 1.81. The third-order valence-corrected chi connectivity index (χ3v) is 0.622. The first-order chi connectivity index (χ1) is 3.34. The van der Waals surface area contributed by atoms with E-state index in [-0.39, 0.29) is 5.91 Å². The van der Waals surface area contributed by atoms with Crippen LogP contribution in [0.15, 0.2) is 5.10 Å². The fourth-order valence-electron chi connectivity index (χ4n) is 0.227. The molecule has 0 radical (unpaired) electrons. The van der Waals surface area contributed by atoms with Gasteiger partial charge in [0, 0.05) is 0 Å². The molecule has 0 aromatic rings. The number of carbonyl (C=O) groups excluding carboxylic acids is 1. The Labute approximate surface area is 40.0 Å². The van der Waals surface area contributed by atoms with Gasteiger partial charge in [0.25, 0.3) is 5.91 Å². The van der Waals surface area contributed by atoms with Gasteiger partial charge in [0.15, 0.2) is 0 Å². The lowest BCUT2D eigenvalue weighted by atomic mass is 10.7. The Balaban J connectivity index is 2.26. The maximum Gasteiger partial charge on any atom is 0.274 e. The maximum atomic E-state index is 10.1. The summed E-state index contributed by atoms with van der Waals surface area (Å²) in [6.45, 7) is -0.458. The summed E-state index contributed by atoms with van der Waals surface area (Å²) in [6.07, 6.45) is 1.35. The van der Waals surface area contributed by atoms with E-state index in [2.05, 4.69) is 5.10 Å². The first kappa shape index (κ1) is 4.26. The van der Waals surface area contributed by atoms with Gasteiger partial charge in [0.1, 0.15) is 12.9 Å². The third kappa shape index (κ3) is 0.747. The predicted octanol–water partition coefficient (Wildman–Crippen LogP) is -1.24.